The van der Waals surface area contributed by atoms with Gasteiger partial charge in [0.05, 0.1) is 25.7 Å². The van der Waals surface area contributed by atoms with Gasteiger partial charge in [0.2, 0.25) is 5.91 Å². The minimum atomic E-state index is -0.708. The van der Waals surface area contributed by atoms with Crippen LogP contribution in [0.25, 0.3) is 0 Å². The lowest BCUT2D eigenvalue weighted by atomic mass is 10.1. The number of nitrogens with zero attached hydrogens (tertiary/aromatic N) is 4. The van der Waals surface area contributed by atoms with Gasteiger partial charge in [0.25, 0.3) is 0 Å². The first-order valence-corrected chi connectivity index (χ1v) is 19.8. The fourth-order valence-electron chi connectivity index (χ4n) is 6.56. The van der Waals surface area contributed by atoms with Crippen LogP contribution in [0.3, 0.4) is 0 Å². The number of amides is 1. The average molecular weight is 790 g/mol. The molecule has 5 unspecified atom stereocenters. The molecule has 1 amide bonds. The molecule has 0 bridgehead atoms. The Morgan fingerprint density at radius 2 is 0.982 bits per heavy atom. The maximum atomic E-state index is 13.8. The van der Waals surface area contributed by atoms with Crippen molar-refractivity contribution in [2.24, 2.45) is 0 Å². The van der Waals surface area contributed by atoms with Gasteiger partial charge < -0.3 is 24.3 Å². The lowest BCUT2D eigenvalue weighted by Crippen LogP contribution is -2.60. The first kappa shape index (κ1) is 48.6. The molecule has 1 heterocycles. The maximum Gasteiger partial charge on any atom is 0.325 e. The van der Waals surface area contributed by atoms with E-state index in [4.69, 9.17) is 18.9 Å². The molecule has 0 radical (unpaired) electrons. The Labute approximate surface area is 335 Å². The molecule has 0 aromatic heterocycles. The summed E-state index contributed by atoms with van der Waals surface area (Å²) in [4.78, 5) is 74.4. The summed E-state index contributed by atoms with van der Waals surface area (Å²) in [5, 5.41) is 2.75. The van der Waals surface area contributed by atoms with Crippen molar-refractivity contribution in [2.45, 2.75) is 151 Å². The number of benzene rings is 1. The summed E-state index contributed by atoms with van der Waals surface area (Å²) in [5.41, 5.74) is -1.22. The molecule has 14 heteroatoms. The quantitative estimate of drug-likeness (QED) is 0.240. The second-order valence-corrected chi connectivity index (χ2v) is 18.2. The van der Waals surface area contributed by atoms with Crippen molar-refractivity contribution in [1.82, 2.24) is 24.9 Å². The fourth-order valence-corrected chi connectivity index (χ4v) is 6.56. The van der Waals surface area contributed by atoms with Crippen molar-refractivity contribution < 1.29 is 42.9 Å². The van der Waals surface area contributed by atoms with E-state index in [9.17, 15) is 24.0 Å². The predicted molar refractivity (Wildman–Crippen MR) is 216 cm³/mol. The number of nitrogens with one attached hydrogen (secondary N) is 1. The summed E-state index contributed by atoms with van der Waals surface area (Å²) in [6, 6.07) is 7.52. The highest BCUT2D eigenvalue weighted by atomic mass is 16.6. The minimum absolute atomic E-state index is 0.00434. The van der Waals surface area contributed by atoms with E-state index in [2.05, 4.69) is 5.32 Å². The molecule has 0 saturated carbocycles. The maximum absolute atomic E-state index is 13.8. The van der Waals surface area contributed by atoms with Crippen LogP contribution in [0, 0.1) is 0 Å². The van der Waals surface area contributed by atoms with Crippen LogP contribution in [-0.4, -0.2) is 149 Å². The molecular weight excluding hydrogens is 718 g/mol. The van der Waals surface area contributed by atoms with Crippen molar-refractivity contribution in [3.8, 4) is 0 Å². The number of carbonyl (C=O) groups excluding carboxylic acids is 5. The number of rotatable bonds is 12. The Balaban J connectivity index is 2.49. The van der Waals surface area contributed by atoms with Gasteiger partial charge in [-0.2, -0.15) is 0 Å². The molecule has 0 aliphatic carbocycles. The molecule has 1 aromatic rings. The number of ether oxygens (including phenoxy) is 4. The third kappa shape index (κ3) is 18.6. The highest BCUT2D eigenvalue weighted by molar-refractivity contribution is 5.85. The number of carbonyl (C=O) groups is 5. The second kappa shape index (κ2) is 21.2. The standard InChI is InChI=1S/C42H71N5O9/c1-29-22-45(26-37(50)55-41(9,10)11)31(3)24-47(33(5)39(52)43-20-35(48)53-28-34-18-16-15-17-19-34)32(4)23-46(27-38(51)56-42(12,13)14)30(2)21-44(29)25-36(49)54-40(6,7)8/h15-19,29-33H,20-28H2,1-14H3,(H,43,52). The van der Waals surface area contributed by atoms with E-state index in [1.54, 1.807) is 6.92 Å². The van der Waals surface area contributed by atoms with Gasteiger partial charge in [-0.05, 0) is 102 Å². The Morgan fingerprint density at radius 1 is 0.607 bits per heavy atom. The van der Waals surface area contributed by atoms with Crippen LogP contribution in [0.4, 0.5) is 0 Å². The van der Waals surface area contributed by atoms with E-state index < -0.39 is 40.8 Å². The fraction of sp³-hybridized carbons (Fsp3) is 0.738. The van der Waals surface area contributed by atoms with E-state index in [1.165, 1.54) is 0 Å². The lowest BCUT2D eigenvalue weighted by Gasteiger charge is -2.44. The third-order valence-electron chi connectivity index (χ3n) is 9.19. The van der Waals surface area contributed by atoms with Gasteiger partial charge in [0, 0.05) is 50.3 Å². The first-order chi connectivity index (χ1) is 25.7. The van der Waals surface area contributed by atoms with Crippen LogP contribution in [0.2, 0.25) is 0 Å². The molecular formula is C42H71N5O9. The summed E-state index contributed by atoms with van der Waals surface area (Å²) < 4.78 is 22.6. The van der Waals surface area contributed by atoms with E-state index in [-0.39, 0.29) is 68.8 Å². The summed E-state index contributed by atoms with van der Waals surface area (Å²) >= 11 is 0. The van der Waals surface area contributed by atoms with Gasteiger partial charge in [-0.3, -0.25) is 43.6 Å². The van der Waals surface area contributed by atoms with E-state index in [0.29, 0.717) is 26.2 Å². The van der Waals surface area contributed by atoms with Crippen LogP contribution in [0.5, 0.6) is 0 Å². The van der Waals surface area contributed by atoms with Crippen LogP contribution >= 0.6 is 0 Å². The highest BCUT2D eigenvalue weighted by Gasteiger charge is 2.36. The zero-order chi connectivity index (χ0) is 42.6. The van der Waals surface area contributed by atoms with Crippen molar-refractivity contribution >= 4 is 29.8 Å². The molecule has 56 heavy (non-hydrogen) atoms. The molecule has 14 nitrogen and oxygen atoms in total. The van der Waals surface area contributed by atoms with Gasteiger partial charge in [0.15, 0.2) is 0 Å². The number of hydrogen-bond donors (Lipinski definition) is 1. The van der Waals surface area contributed by atoms with Gasteiger partial charge in [-0.1, -0.05) is 30.3 Å². The van der Waals surface area contributed by atoms with Crippen LogP contribution < -0.4 is 5.32 Å². The Hall–Kier alpha value is -3.59. The molecule has 5 atom stereocenters. The number of hydrogen-bond acceptors (Lipinski definition) is 13. The molecule has 1 fully saturated rings. The number of esters is 4. The SMILES string of the molecule is CC1CN(CC(=O)OC(C)(C)C)C(C)CN(C(C)C(=O)NCC(=O)OCc2ccccc2)C(C)CN(CC(=O)OC(C)(C)C)C(C)CN1CC(=O)OC(C)(C)C. The molecule has 0 spiro atoms. The zero-order valence-corrected chi connectivity index (χ0v) is 36.6. The normalized spacial score (nSPS) is 22.2. The van der Waals surface area contributed by atoms with Gasteiger partial charge in [-0.25, -0.2) is 0 Å². The molecule has 2 rings (SSSR count). The Kier molecular flexibility index (Phi) is 18.4. The molecule has 1 aliphatic heterocycles. The predicted octanol–water partition coefficient (Wildman–Crippen LogP) is 4.04. The smallest absolute Gasteiger partial charge is 0.325 e. The topological polar surface area (TPSA) is 147 Å². The van der Waals surface area contributed by atoms with Crippen LogP contribution in [0.1, 0.15) is 102 Å². The minimum Gasteiger partial charge on any atom is -0.460 e. The van der Waals surface area contributed by atoms with Gasteiger partial charge in [0.1, 0.15) is 30.0 Å². The zero-order valence-electron chi connectivity index (χ0n) is 36.6. The average Bonchev–Trinajstić information content (AvgIpc) is 3.04. The molecule has 318 valence electrons. The van der Waals surface area contributed by atoms with E-state index in [1.807, 2.05) is 140 Å². The van der Waals surface area contributed by atoms with Crippen molar-refractivity contribution in [2.75, 3.05) is 52.4 Å². The Morgan fingerprint density at radius 3 is 1.38 bits per heavy atom. The lowest BCUT2D eigenvalue weighted by molar-refractivity contribution is -0.160. The van der Waals surface area contributed by atoms with Crippen molar-refractivity contribution in [1.29, 1.82) is 0 Å². The van der Waals surface area contributed by atoms with Gasteiger partial charge in [-0.15, -0.1) is 0 Å². The van der Waals surface area contributed by atoms with Crippen LogP contribution in [-0.2, 0) is 49.5 Å². The van der Waals surface area contributed by atoms with E-state index >= 15 is 0 Å². The molecule has 1 N–H and O–H groups in total. The first-order valence-electron chi connectivity index (χ1n) is 19.8. The molecule has 1 aliphatic rings. The summed E-state index contributed by atoms with van der Waals surface area (Å²) in [6.07, 6.45) is 0. The third-order valence-corrected chi connectivity index (χ3v) is 9.19. The van der Waals surface area contributed by atoms with Crippen molar-refractivity contribution in [3.05, 3.63) is 35.9 Å². The van der Waals surface area contributed by atoms with Gasteiger partial charge >= 0.3 is 23.9 Å². The largest absolute Gasteiger partial charge is 0.460 e. The molecule has 1 aromatic carbocycles. The second-order valence-electron chi connectivity index (χ2n) is 18.2. The van der Waals surface area contributed by atoms with Crippen molar-refractivity contribution in [3.63, 3.8) is 0 Å². The summed E-state index contributed by atoms with van der Waals surface area (Å²) in [6.45, 7) is 27.4. The Bertz CT molecular complexity index is 1410. The highest BCUT2D eigenvalue weighted by Crippen LogP contribution is 2.20. The summed E-state index contributed by atoms with van der Waals surface area (Å²) in [7, 11) is 0. The summed E-state index contributed by atoms with van der Waals surface area (Å²) in [5.74, 6) is -2.08. The monoisotopic (exact) mass is 790 g/mol. The van der Waals surface area contributed by atoms with E-state index in [0.717, 1.165) is 5.56 Å². The molecule has 1 saturated heterocycles. The van der Waals surface area contributed by atoms with Crippen LogP contribution in [0.15, 0.2) is 30.3 Å².